The second-order valence-electron chi connectivity index (χ2n) is 5.42. The standard InChI is InChI=1S/C19H23N3O/c1-3-14-21-19(22-15(2)18(20)23,16-10-6-4-7-11-16)17-12-8-5-9-13-17/h3-13,15,21-22H,1,14H2,2H3,(H2,20,23). The Morgan fingerprint density at radius 3 is 2.00 bits per heavy atom. The topological polar surface area (TPSA) is 67.2 Å². The van der Waals surface area contributed by atoms with Crippen LogP contribution in [0.2, 0.25) is 0 Å². The number of carbonyl (C=O) groups is 1. The van der Waals surface area contributed by atoms with Gasteiger partial charge in [-0.1, -0.05) is 66.7 Å². The van der Waals surface area contributed by atoms with Gasteiger partial charge < -0.3 is 5.73 Å². The fraction of sp³-hybridized carbons (Fsp3) is 0.211. The number of carbonyl (C=O) groups excluding carboxylic acids is 1. The van der Waals surface area contributed by atoms with Gasteiger partial charge in [-0.15, -0.1) is 6.58 Å². The Balaban J connectivity index is 2.57. The Bertz CT molecular complexity index is 601. The van der Waals surface area contributed by atoms with Gasteiger partial charge in [-0.25, -0.2) is 0 Å². The average Bonchev–Trinajstić information content (AvgIpc) is 2.60. The lowest BCUT2D eigenvalue weighted by Crippen LogP contribution is -2.60. The molecule has 1 atom stereocenters. The van der Waals surface area contributed by atoms with Gasteiger partial charge in [0.1, 0.15) is 5.66 Å². The highest BCUT2D eigenvalue weighted by Gasteiger charge is 2.35. The van der Waals surface area contributed by atoms with E-state index in [1.54, 1.807) is 13.0 Å². The van der Waals surface area contributed by atoms with Gasteiger partial charge in [-0.2, -0.15) is 0 Å². The van der Waals surface area contributed by atoms with E-state index in [4.69, 9.17) is 5.73 Å². The minimum absolute atomic E-state index is 0.401. The molecule has 0 bridgehead atoms. The van der Waals surface area contributed by atoms with Gasteiger partial charge in [-0.3, -0.25) is 15.4 Å². The summed E-state index contributed by atoms with van der Waals surface area (Å²) in [5.74, 6) is -0.401. The van der Waals surface area contributed by atoms with E-state index in [1.807, 2.05) is 60.7 Å². The summed E-state index contributed by atoms with van der Waals surface area (Å²) >= 11 is 0. The number of hydrogen-bond acceptors (Lipinski definition) is 3. The first-order chi connectivity index (χ1) is 11.1. The lowest BCUT2D eigenvalue weighted by atomic mass is 9.90. The molecule has 1 amide bonds. The van der Waals surface area contributed by atoms with E-state index in [-0.39, 0.29) is 0 Å². The lowest BCUT2D eigenvalue weighted by Gasteiger charge is -2.38. The number of nitrogens with two attached hydrogens (primary N) is 1. The smallest absolute Gasteiger partial charge is 0.234 e. The second kappa shape index (κ2) is 7.72. The highest BCUT2D eigenvalue weighted by atomic mass is 16.1. The first-order valence-corrected chi connectivity index (χ1v) is 7.64. The third kappa shape index (κ3) is 3.86. The van der Waals surface area contributed by atoms with Gasteiger partial charge in [0.15, 0.2) is 0 Å². The molecule has 0 saturated carbocycles. The highest BCUT2D eigenvalue weighted by molar-refractivity contribution is 5.79. The van der Waals surface area contributed by atoms with Gasteiger partial charge in [0.2, 0.25) is 5.91 Å². The molecule has 0 aromatic heterocycles. The minimum atomic E-state index is -0.731. The molecule has 0 aliphatic heterocycles. The van der Waals surface area contributed by atoms with E-state index in [9.17, 15) is 4.79 Å². The number of benzene rings is 2. The fourth-order valence-electron chi connectivity index (χ4n) is 2.59. The number of primary amides is 1. The third-order valence-corrected chi connectivity index (χ3v) is 3.78. The van der Waals surface area contributed by atoms with Crippen LogP contribution in [0.1, 0.15) is 18.1 Å². The fourth-order valence-corrected chi connectivity index (χ4v) is 2.59. The first kappa shape index (κ1) is 16.9. The van der Waals surface area contributed by atoms with E-state index in [1.165, 1.54) is 0 Å². The van der Waals surface area contributed by atoms with E-state index < -0.39 is 17.6 Å². The number of hydrogen-bond donors (Lipinski definition) is 3. The van der Waals surface area contributed by atoms with Crippen LogP contribution in [0.4, 0.5) is 0 Å². The number of amides is 1. The molecule has 0 aliphatic rings. The summed E-state index contributed by atoms with van der Waals surface area (Å²) in [4.78, 5) is 11.6. The maximum atomic E-state index is 11.6. The van der Waals surface area contributed by atoms with Crippen molar-refractivity contribution in [1.82, 2.24) is 10.6 Å². The Labute approximate surface area is 137 Å². The molecule has 4 heteroatoms. The molecule has 0 saturated heterocycles. The monoisotopic (exact) mass is 309 g/mol. The van der Waals surface area contributed by atoms with Crippen molar-refractivity contribution in [2.75, 3.05) is 6.54 Å². The van der Waals surface area contributed by atoms with Gasteiger partial charge >= 0.3 is 0 Å². The molecule has 2 aromatic rings. The Hall–Kier alpha value is -2.43. The van der Waals surface area contributed by atoms with Crippen LogP contribution < -0.4 is 16.4 Å². The van der Waals surface area contributed by atoms with Crippen molar-refractivity contribution in [1.29, 1.82) is 0 Å². The Kier molecular flexibility index (Phi) is 5.68. The summed E-state index contributed by atoms with van der Waals surface area (Å²) < 4.78 is 0. The first-order valence-electron chi connectivity index (χ1n) is 7.64. The van der Waals surface area contributed by atoms with Crippen LogP contribution in [0.5, 0.6) is 0 Å². The van der Waals surface area contributed by atoms with Gasteiger partial charge in [0.25, 0.3) is 0 Å². The van der Waals surface area contributed by atoms with E-state index in [2.05, 4.69) is 17.2 Å². The quantitative estimate of drug-likeness (QED) is 0.517. The van der Waals surface area contributed by atoms with E-state index in [0.29, 0.717) is 6.54 Å². The normalized spacial score (nSPS) is 12.6. The molecule has 4 nitrogen and oxygen atoms in total. The molecular weight excluding hydrogens is 286 g/mol. The van der Waals surface area contributed by atoms with E-state index >= 15 is 0 Å². The largest absolute Gasteiger partial charge is 0.368 e. The predicted octanol–water partition coefficient (Wildman–Crippen LogP) is 2.13. The molecule has 0 aliphatic carbocycles. The van der Waals surface area contributed by atoms with Crippen molar-refractivity contribution in [2.24, 2.45) is 5.73 Å². The number of rotatable bonds is 8. The lowest BCUT2D eigenvalue weighted by molar-refractivity contribution is -0.120. The van der Waals surface area contributed by atoms with Crippen LogP contribution in [0.3, 0.4) is 0 Å². The zero-order chi connectivity index (χ0) is 16.7. The summed E-state index contributed by atoms with van der Waals surface area (Å²) in [7, 11) is 0. The Morgan fingerprint density at radius 1 is 1.13 bits per heavy atom. The summed E-state index contributed by atoms with van der Waals surface area (Å²) in [6, 6.07) is 19.4. The van der Waals surface area contributed by atoms with Crippen molar-refractivity contribution in [3.05, 3.63) is 84.4 Å². The zero-order valence-electron chi connectivity index (χ0n) is 13.3. The molecule has 0 radical (unpaired) electrons. The van der Waals surface area contributed by atoms with Gasteiger partial charge in [0, 0.05) is 6.54 Å². The molecule has 2 aromatic carbocycles. The molecule has 0 spiro atoms. The van der Waals surface area contributed by atoms with Crippen LogP contribution in [0.25, 0.3) is 0 Å². The van der Waals surface area contributed by atoms with Gasteiger partial charge in [0.05, 0.1) is 6.04 Å². The number of nitrogens with one attached hydrogen (secondary N) is 2. The molecule has 1 unspecified atom stereocenters. The van der Waals surface area contributed by atoms with Crippen molar-refractivity contribution in [3.8, 4) is 0 Å². The molecular formula is C19H23N3O. The highest BCUT2D eigenvalue weighted by Crippen LogP contribution is 2.27. The predicted molar refractivity (Wildman–Crippen MR) is 93.7 cm³/mol. The molecule has 2 rings (SSSR count). The van der Waals surface area contributed by atoms with Crippen LogP contribution in [-0.2, 0) is 10.5 Å². The van der Waals surface area contributed by atoms with Crippen LogP contribution in [0.15, 0.2) is 73.3 Å². The zero-order valence-corrected chi connectivity index (χ0v) is 13.3. The SMILES string of the molecule is C=CCNC(NC(C)C(N)=O)(c1ccccc1)c1ccccc1. The van der Waals surface area contributed by atoms with Crippen molar-refractivity contribution in [3.63, 3.8) is 0 Å². The third-order valence-electron chi connectivity index (χ3n) is 3.78. The minimum Gasteiger partial charge on any atom is -0.368 e. The van der Waals surface area contributed by atoms with Crippen LogP contribution >= 0.6 is 0 Å². The summed E-state index contributed by atoms with van der Waals surface area (Å²) in [6.07, 6.45) is 1.79. The summed E-state index contributed by atoms with van der Waals surface area (Å²) in [5, 5.41) is 6.83. The average molecular weight is 309 g/mol. The van der Waals surface area contributed by atoms with Crippen molar-refractivity contribution < 1.29 is 4.79 Å². The van der Waals surface area contributed by atoms with E-state index in [0.717, 1.165) is 11.1 Å². The molecule has 0 fully saturated rings. The van der Waals surface area contributed by atoms with Gasteiger partial charge in [-0.05, 0) is 18.1 Å². The molecule has 0 heterocycles. The maximum Gasteiger partial charge on any atom is 0.234 e. The maximum absolute atomic E-state index is 11.6. The molecule has 4 N–H and O–H groups in total. The summed E-state index contributed by atoms with van der Waals surface area (Å²) in [6.45, 7) is 6.12. The molecule has 120 valence electrons. The van der Waals surface area contributed by atoms with Crippen LogP contribution in [0, 0.1) is 0 Å². The second-order valence-corrected chi connectivity index (χ2v) is 5.42. The van der Waals surface area contributed by atoms with Crippen molar-refractivity contribution >= 4 is 5.91 Å². The Morgan fingerprint density at radius 2 is 1.61 bits per heavy atom. The summed E-state index contributed by atoms with van der Waals surface area (Å²) in [5.41, 5.74) is 6.75. The van der Waals surface area contributed by atoms with Crippen LogP contribution in [-0.4, -0.2) is 18.5 Å². The van der Waals surface area contributed by atoms with Crippen molar-refractivity contribution in [2.45, 2.75) is 18.6 Å². The molecule has 23 heavy (non-hydrogen) atoms.